The molecule has 2 aliphatic carbocycles. The van der Waals surface area contributed by atoms with Crippen molar-refractivity contribution in [3.05, 3.63) is 12.2 Å². The van der Waals surface area contributed by atoms with E-state index in [4.69, 9.17) is 0 Å². The monoisotopic (exact) mass is 178 g/mol. The lowest BCUT2D eigenvalue weighted by atomic mass is 9.59. The molecule has 0 aliphatic heterocycles. The van der Waals surface area contributed by atoms with Crippen molar-refractivity contribution in [2.24, 2.45) is 17.3 Å². The Labute approximate surface area is 80.2 Å². The smallest absolute Gasteiger partial charge is 0.133 e. The molecule has 72 valence electrons. The predicted molar refractivity (Wildman–Crippen MR) is 53.4 cm³/mol. The fourth-order valence-corrected chi connectivity index (χ4v) is 2.96. The fourth-order valence-electron chi connectivity index (χ4n) is 2.96. The number of allylic oxidation sites excluding steroid dienone is 2. The Morgan fingerprint density at radius 3 is 3.08 bits per heavy atom. The number of Topliss-reactive ketones (excluding diaryl/α,β-unsaturated/α-hetero) is 1. The number of hydrogen-bond donors (Lipinski definition) is 0. The summed E-state index contributed by atoms with van der Waals surface area (Å²) < 4.78 is 0. The van der Waals surface area contributed by atoms with Gasteiger partial charge in [0.1, 0.15) is 5.78 Å². The molecule has 1 fully saturated rings. The third-order valence-corrected chi connectivity index (χ3v) is 3.98. The molecule has 1 nitrogen and oxygen atoms in total. The Morgan fingerprint density at radius 1 is 1.54 bits per heavy atom. The van der Waals surface area contributed by atoms with Crippen LogP contribution in [-0.4, -0.2) is 5.78 Å². The van der Waals surface area contributed by atoms with Gasteiger partial charge in [0.2, 0.25) is 0 Å². The molecule has 0 amide bonds. The molecule has 0 spiro atoms. The highest BCUT2D eigenvalue weighted by molar-refractivity contribution is 5.79. The Hall–Kier alpha value is -0.590. The summed E-state index contributed by atoms with van der Waals surface area (Å²) in [6, 6.07) is 0. The van der Waals surface area contributed by atoms with Crippen molar-refractivity contribution >= 4 is 5.78 Å². The molecule has 0 unspecified atom stereocenters. The maximum absolute atomic E-state index is 11.4. The second-order valence-corrected chi connectivity index (χ2v) is 4.99. The molecule has 0 aromatic carbocycles. The van der Waals surface area contributed by atoms with Crippen LogP contribution in [-0.2, 0) is 4.79 Å². The molecule has 3 atom stereocenters. The molecule has 2 aliphatic rings. The molecule has 0 N–H and O–H groups in total. The summed E-state index contributed by atoms with van der Waals surface area (Å²) in [6.45, 7) is 4.60. The van der Waals surface area contributed by atoms with Gasteiger partial charge in [-0.05, 0) is 30.1 Å². The van der Waals surface area contributed by atoms with Crippen LogP contribution in [0.1, 0.15) is 39.5 Å². The molecule has 0 heterocycles. The van der Waals surface area contributed by atoms with Crippen LogP contribution in [0.4, 0.5) is 0 Å². The lowest BCUT2D eigenvalue weighted by Crippen LogP contribution is -2.39. The van der Waals surface area contributed by atoms with E-state index in [9.17, 15) is 4.79 Å². The minimum atomic E-state index is 0.419. The van der Waals surface area contributed by atoms with Gasteiger partial charge >= 0.3 is 0 Å². The maximum atomic E-state index is 11.4. The zero-order valence-electron chi connectivity index (χ0n) is 8.55. The van der Waals surface area contributed by atoms with Gasteiger partial charge in [0.15, 0.2) is 0 Å². The highest BCUT2D eigenvalue weighted by atomic mass is 16.1. The van der Waals surface area contributed by atoms with E-state index in [-0.39, 0.29) is 0 Å². The maximum Gasteiger partial charge on any atom is 0.133 e. The van der Waals surface area contributed by atoms with Gasteiger partial charge in [0, 0.05) is 12.8 Å². The van der Waals surface area contributed by atoms with Gasteiger partial charge < -0.3 is 0 Å². The van der Waals surface area contributed by atoms with E-state index in [1.807, 2.05) is 0 Å². The summed E-state index contributed by atoms with van der Waals surface area (Å²) in [5.41, 5.74) is 0.419. The Kier molecular flexibility index (Phi) is 2.05. The van der Waals surface area contributed by atoms with Crippen LogP contribution in [0.25, 0.3) is 0 Å². The predicted octanol–water partition coefficient (Wildman–Crippen LogP) is 2.96. The van der Waals surface area contributed by atoms with E-state index >= 15 is 0 Å². The number of fused-ring (bicyclic) bond motifs is 1. The second kappa shape index (κ2) is 2.97. The minimum Gasteiger partial charge on any atom is -0.300 e. The van der Waals surface area contributed by atoms with Crippen LogP contribution in [0.15, 0.2) is 12.2 Å². The van der Waals surface area contributed by atoms with E-state index in [1.54, 1.807) is 0 Å². The molecular formula is C12H18O. The van der Waals surface area contributed by atoms with Gasteiger partial charge in [-0.25, -0.2) is 0 Å². The summed E-state index contributed by atoms with van der Waals surface area (Å²) in [4.78, 5) is 11.4. The van der Waals surface area contributed by atoms with Crippen molar-refractivity contribution in [3.63, 3.8) is 0 Å². The van der Waals surface area contributed by atoms with Crippen LogP contribution < -0.4 is 0 Å². The third-order valence-electron chi connectivity index (χ3n) is 3.98. The first-order chi connectivity index (χ1) is 6.12. The van der Waals surface area contributed by atoms with Crippen molar-refractivity contribution < 1.29 is 4.79 Å². The molecule has 0 radical (unpaired) electrons. The molecule has 2 rings (SSSR count). The summed E-state index contributed by atoms with van der Waals surface area (Å²) >= 11 is 0. The van der Waals surface area contributed by atoms with Gasteiger partial charge in [-0.2, -0.15) is 0 Å². The SMILES string of the molecule is C[C@@H]1C=CC[C@]2(C)CCC(=O)C[C@@H]12. The Balaban J connectivity index is 2.24. The van der Waals surface area contributed by atoms with Crippen molar-refractivity contribution in [1.29, 1.82) is 0 Å². The highest BCUT2D eigenvalue weighted by Gasteiger charge is 2.42. The van der Waals surface area contributed by atoms with Crippen LogP contribution in [0, 0.1) is 17.3 Å². The van der Waals surface area contributed by atoms with E-state index in [2.05, 4.69) is 26.0 Å². The first kappa shape index (κ1) is 8.98. The largest absolute Gasteiger partial charge is 0.300 e. The first-order valence-electron chi connectivity index (χ1n) is 5.30. The van der Waals surface area contributed by atoms with E-state index in [0.717, 1.165) is 19.3 Å². The van der Waals surface area contributed by atoms with E-state index < -0.39 is 0 Å². The number of ketones is 1. The van der Waals surface area contributed by atoms with Gasteiger partial charge in [0.25, 0.3) is 0 Å². The van der Waals surface area contributed by atoms with Crippen LogP contribution in [0.5, 0.6) is 0 Å². The molecule has 0 saturated heterocycles. The average molecular weight is 178 g/mol. The highest BCUT2D eigenvalue weighted by Crippen LogP contribution is 2.48. The Bertz CT molecular complexity index is 254. The topological polar surface area (TPSA) is 17.1 Å². The summed E-state index contributed by atoms with van der Waals surface area (Å²) in [5.74, 6) is 1.69. The molecule has 1 heteroatoms. The van der Waals surface area contributed by atoms with Gasteiger partial charge in [-0.3, -0.25) is 4.79 Å². The third kappa shape index (κ3) is 1.45. The van der Waals surface area contributed by atoms with Crippen molar-refractivity contribution in [2.75, 3.05) is 0 Å². The molecular weight excluding hydrogens is 160 g/mol. The standard InChI is InChI=1S/C12H18O/c1-9-4-3-6-12(2)7-5-10(13)8-11(9)12/h3-4,9,11H,5-8H2,1-2H3/t9-,11+,12-/m1/s1. The van der Waals surface area contributed by atoms with Crippen LogP contribution in [0.3, 0.4) is 0 Å². The zero-order valence-corrected chi connectivity index (χ0v) is 8.55. The van der Waals surface area contributed by atoms with Gasteiger partial charge in [-0.15, -0.1) is 0 Å². The zero-order chi connectivity index (χ0) is 9.47. The van der Waals surface area contributed by atoms with Crippen molar-refractivity contribution in [2.45, 2.75) is 39.5 Å². The summed E-state index contributed by atoms with van der Waals surface area (Å²) in [7, 11) is 0. The Morgan fingerprint density at radius 2 is 2.31 bits per heavy atom. The number of carbonyl (C=O) groups is 1. The van der Waals surface area contributed by atoms with Crippen LogP contribution >= 0.6 is 0 Å². The normalized spacial score (nSPS) is 44.6. The molecule has 0 aromatic rings. The summed E-state index contributed by atoms with van der Waals surface area (Å²) in [5, 5.41) is 0. The van der Waals surface area contributed by atoms with Gasteiger partial charge in [0.05, 0.1) is 0 Å². The van der Waals surface area contributed by atoms with Crippen molar-refractivity contribution in [1.82, 2.24) is 0 Å². The number of hydrogen-bond acceptors (Lipinski definition) is 1. The average Bonchev–Trinajstić information content (AvgIpc) is 2.08. The summed E-state index contributed by atoms with van der Waals surface area (Å²) in [6.07, 6.45) is 8.50. The quantitative estimate of drug-likeness (QED) is 0.521. The van der Waals surface area contributed by atoms with Crippen molar-refractivity contribution in [3.8, 4) is 0 Å². The lowest BCUT2D eigenvalue weighted by molar-refractivity contribution is -0.125. The van der Waals surface area contributed by atoms with Gasteiger partial charge in [-0.1, -0.05) is 26.0 Å². The molecule has 0 bridgehead atoms. The minimum absolute atomic E-state index is 0.419. The van der Waals surface area contributed by atoms with Crippen LogP contribution in [0.2, 0.25) is 0 Å². The molecule has 13 heavy (non-hydrogen) atoms. The van der Waals surface area contributed by atoms with E-state index in [0.29, 0.717) is 23.0 Å². The lowest BCUT2D eigenvalue weighted by Gasteiger charge is -2.45. The second-order valence-electron chi connectivity index (χ2n) is 4.99. The molecule has 1 saturated carbocycles. The number of carbonyl (C=O) groups excluding carboxylic acids is 1. The number of rotatable bonds is 0. The molecule has 0 aromatic heterocycles. The first-order valence-corrected chi connectivity index (χ1v) is 5.30. The fraction of sp³-hybridized carbons (Fsp3) is 0.750. The van der Waals surface area contributed by atoms with E-state index in [1.165, 1.54) is 6.42 Å².